The highest BCUT2D eigenvalue weighted by Gasteiger charge is 2.18. The van der Waals surface area contributed by atoms with Gasteiger partial charge in [0.25, 0.3) is 0 Å². The van der Waals surface area contributed by atoms with E-state index in [0.29, 0.717) is 0 Å². The highest BCUT2D eigenvalue weighted by molar-refractivity contribution is 4.89. The van der Waals surface area contributed by atoms with Crippen LogP contribution in [0.5, 0.6) is 0 Å². The summed E-state index contributed by atoms with van der Waals surface area (Å²) in [5.74, 6) is 1.03. The lowest BCUT2D eigenvalue weighted by molar-refractivity contribution is 0.431. The molecule has 0 heterocycles. The summed E-state index contributed by atoms with van der Waals surface area (Å²) in [6.45, 7) is 7.73. The molecule has 1 rings (SSSR count). The third-order valence-electron chi connectivity index (χ3n) is 2.30. The summed E-state index contributed by atoms with van der Waals surface area (Å²) in [6.07, 6.45) is 10.1. The minimum atomic E-state index is 0.268. The topological polar surface area (TPSA) is 12.0 Å². The van der Waals surface area contributed by atoms with Crippen LogP contribution in [-0.2, 0) is 0 Å². The van der Waals surface area contributed by atoms with Crippen LogP contribution < -0.4 is 5.32 Å². The largest absolute Gasteiger partial charge is 0.312 e. The van der Waals surface area contributed by atoms with Gasteiger partial charge in [0.05, 0.1) is 0 Å². The van der Waals surface area contributed by atoms with Gasteiger partial charge in [-0.1, -0.05) is 12.2 Å². The van der Waals surface area contributed by atoms with Crippen molar-refractivity contribution >= 4 is 0 Å². The Hall–Kier alpha value is -0.300. The first-order valence-electron chi connectivity index (χ1n) is 5.48. The number of hydrogen-bond donors (Lipinski definition) is 1. The van der Waals surface area contributed by atoms with Crippen LogP contribution in [0.2, 0.25) is 0 Å². The van der Waals surface area contributed by atoms with Crippen LogP contribution in [0.4, 0.5) is 0 Å². The summed E-state index contributed by atoms with van der Waals surface area (Å²) in [5, 5.41) is 3.47. The molecule has 0 unspecified atom stereocenters. The highest BCUT2D eigenvalue weighted by atomic mass is 14.9. The van der Waals surface area contributed by atoms with E-state index >= 15 is 0 Å². The van der Waals surface area contributed by atoms with Gasteiger partial charge in [-0.3, -0.25) is 0 Å². The van der Waals surface area contributed by atoms with Crippen molar-refractivity contribution in [3.8, 4) is 0 Å². The Morgan fingerprint density at radius 2 is 1.92 bits per heavy atom. The van der Waals surface area contributed by atoms with Gasteiger partial charge in [0.2, 0.25) is 0 Å². The van der Waals surface area contributed by atoms with Gasteiger partial charge >= 0.3 is 0 Å². The maximum absolute atomic E-state index is 3.47. The smallest absolute Gasteiger partial charge is 0.00966 e. The Morgan fingerprint density at radius 1 is 1.23 bits per heavy atom. The Bertz CT molecular complexity index is 160. The monoisotopic (exact) mass is 181 g/mol. The van der Waals surface area contributed by atoms with E-state index in [1.54, 1.807) is 0 Å². The third-order valence-corrected chi connectivity index (χ3v) is 2.30. The fraction of sp³-hybridized carbons (Fsp3) is 0.833. The molecule has 1 nitrogen and oxygen atoms in total. The number of nitrogens with one attached hydrogen (secondary N) is 1. The van der Waals surface area contributed by atoms with Crippen molar-refractivity contribution in [3.05, 3.63) is 12.2 Å². The normalized spacial score (nSPS) is 18.4. The molecule has 0 aromatic heterocycles. The molecule has 0 saturated heterocycles. The molecule has 1 aliphatic rings. The standard InChI is InChI=1S/C12H23N/c1-12(2,3)13-10-6-4-5-7-11-8-9-11/h4-5,11,13H,6-10H2,1-3H3. The van der Waals surface area contributed by atoms with Crippen molar-refractivity contribution in [2.24, 2.45) is 5.92 Å². The molecule has 1 heteroatoms. The average Bonchev–Trinajstić information content (AvgIpc) is 2.77. The summed E-state index contributed by atoms with van der Waals surface area (Å²) >= 11 is 0. The van der Waals surface area contributed by atoms with Crippen molar-refractivity contribution < 1.29 is 0 Å². The Morgan fingerprint density at radius 3 is 2.46 bits per heavy atom. The third kappa shape index (κ3) is 6.83. The van der Waals surface area contributed by atoms with Crippen LogP contribution >= 0.6 is 0 Å². The van der Waals surface area contributed by atoms with Crippen molar-refractivity contribution in [1.29, 1.82) is 0 Å². The SMILES string of the molecule is CC(C)(C)NCCC=CCC1CC1. The van der Waals surface area contributed by atoms with Gasteiger partial charge in [0.1, 0.15) is 0 Å². The second kappa shape index (κ2) is 4.80. The van der Waals surface area contributed by atoms with E-state index in [4.69, 9.17) is 0 Å². The minimum absolute atomic E-state index is 0.268. The van der Waals surface area contributed by atoms with E-state index in [1.807, 2.05) is 0 Å². The molecule has 0 bridgehead atoms. The van der Waals surface area contributed by atoms with Gasteiger partial charge in [0.15, 0.2) is 0 Å². The molecular weight excluding hydrogens is 158 g/mol. The fourth-order valence-corrected chi connectivity index (χ4v) is 1.29. The zero-order valence-electron chi connectivity index (χ0n) is 9.27. The molecule has 0 aliphatic heterocycles. The first-order chi connectivity index (χ1) is 6.08. The Kier molecular flexibility index (Phi) is 3.98. The van der Waals surface area contributed by atoms with E-state index in [0.717, 1.165) is 12.5 Å². The van der Waals surface area contributed by atoms with Gasteiger partial charge in [-0.25, -0.2) is 0 Å². The van der Waals surface area contributed by atoms with Crippen LogP contribution in [0, 0.1) is 5.92 Å². The van der Waals surface area contributed by atoms with E-state index < -0.39 is 0 Å². The maximum Gasteiger partial charge on any atom is 0.00966 e. The van der Waals surface area contributed by atoms with E-state index in [9.17, 15) is 0 Å². The molecular formula is C12H23N. The zero-order chi connectivity index (χ0) is 9.73. The van der Waals surface area contributed by atoms with Gasteiger partial charge in [-0.05, 0) is 58.9 Å². The quantitative estimate of drug-likeness (QED) is 0.507. The predicted octanol–water partition coefficient (Wildman–Crippen LogP) is 3.12. The van der Waals surface area contributed by atoms with Crippen molar-refractivity contribution in [1.82, 2.24) is 5.32 Å². The van der Waals surface area contributed by atoms with Crippen molar-refractivity contribution in [2.45, 2.75) is 52.0 Å². The second-order valence-electron chi connectivity index (χ2n) is 5.12. The zero-order valence-corrected chi connectivity index (χ0v) is 9.27. The van der Waals surface area contributed by atoms with Crippen LogP contribution in [0.15, 0.2) is 12.2 Å². The number of hydrogen-bond acceptors (Lipinski definition) is 1. The van der Waals surface area contributed by atoms with E-state index in [-0.39, 0.29) is 5.54 Å². The Balaban J connectivity index is 1.90. The second-order valence-corrected chi connectivity index (χ2v) is 5.12. The number of allylic oxidation sites excluding steroid dienone is 1. The molecule has 1 saturated carbocycles. The van der Waals surface area contributed by atoms with Crippen LogP contribution in [0.1, 0.15) is 46.5 Å². The lowest BCUT2D eigenvalue weighted by atomic mass is 10.1. The predicted molar refractivity (Wildman–Crippen MR) is 58.9 cm³/mol. The number of rotatable bonds is 5. The molecule has 0 amide bonds. The van der Waals surface area contributed by atoms with Gasteiger partial charge in [0, 0.05) is 5.54 Å². The molecule has 0 spiro atoms. The van der Waals surface area contributed by atoms with Gasteiger partial charge in [-0.2, -0.15) is 0 Å². The first-order valence-corrected chi connectivity index (χ1v) is 5.48. The molecule has 1 aliphatic carbocycles. The molecule has 13 heavy (non-hydrogen) atoms. The minimum Gasteiger partial charge on any atom is -0.312 e. The van der Waals surface area contributed by atoms with Crippen LogP contribution in [0.3, 0.4) is 0 Å². The first kappa shape index (κ1) is 10.8. The van der Waals surface area contributed by atoms with E-state index in [2.05, 4.69) is 38.2 Å². The fourth-order valence-electron chi connectivity index (χ4n) is 1.29. The molecule has 0 atom stereocenters. The molecule has 76 valence electrons. The maximum atomic E-state index is 3.47. The van der Waals surface area contributed by atoms with Crippen molar-refractivity contribution in [3.63, 3.8) is 0 Å². The molecule has 0 aromatic rings. The summed E-state index contributed by atoms with van der Waals surface area (Å²) in [6, 6.07) is 0. The van der Waals surface area contributed by atoms with Gasteiger partial charge < -0.3 is 5.32 Å². The molecule has 1 fully saturated rings. The van der Waals surface area contributed by atoms with Crippen LogP contribution in [0.25, 0.3) is 0 Å². The highest BCUT2D eigenvalue weighted by Crippen LogP contribution is 2.32. The lowest BCUT2D eigenvalue weighted by Gasteiger charge is -2.19. The average molecular weight is 181 g/mol. The Labute approximate surface area is 82.6 Å². The lowest BCUT2D eigenvalue weighted by Crippen LogP contribution is -2.36. The van der Waals surface area contributed by atoms with E-state index in [1.165, 1.54) is 25.7 Å². The van der Waals surface area contributed by atoms with Crippen molar-refractivity contribution in [2.75, 3.05) is 6.54 Å². The summed E-state index contributed by atoms with van der Waals surface area (Å²) in [5.41, 5.74) is 0.268. The van der Waals surface area contributed by atoms with Gasteiger partial charge in [-0.15, -0.1) is 0 Å². The molecule has 1 N–H and O–H groups in total. The molecule has 0 aromatic carbocycles. The summed E-state index contributed by atoms with van der Waals surface area (Å²) < 4.78 is 0. The summed E-state index contributed by atoms with van der Waals surface area (Å²) in [7, 11) is 0. The summed E-state index contributed by atoms with van der Waals surface area (Å²) in [4.78, 5) is 0. The molecule has 0 radical (unpaired) electrons. The van der Waals surface area contributed by atoms with Crippen LogP contribution in [-0.4, -0.2) is 12.1 Å².